The topological polar surface area (TPSA) is 38.8 Å². The summed E-state index contributed by atoms with van der Waals surface area (Å²) in [4.78, 5) is 14.2. The summed E-state index contributed by atoms with van der Waals surface area (Å²) in [5.74, 6) is 0.716. The van der Waals surface area contributed by atoms with Gasteiger partial charge in [-0.1, -0.05) is 36.4 Å². The lowest BCUT2D eigenvalue weighted by Crippen LogP contribution is -2.35. The molecule has 0 aromatic heterocycles. The average Bonchev–Trinajstić information content (AvgIpc) is 2.61. The normalized spacial score (nSPS) is 14.0. The quantitative estimate of drug-likeness (QED) is 0.765. The van der Waals surface area contributed by atoms with E-state index in [9.17, 15) is 4.79 Å². The van der Waals surface area contributed by atoms with Crippen molar-refractivity contribution in [2.45, 2.75) is 26.5 Å². The van der Waals surface area contributed by atoms with Crippen LogP contribution in [-0.2, 0) is 29.1 Å². The van der Waals surface area contributed by atoms with Crippen molar-refractivity contribution in [2.24, 2.45) is 0 Å². The Hall–Kier alpha value is -2.33. The van der Waals surface area contributed by atoms with E-state index in [1.165, 1.54) is 11.1 Å². The molecule has 24 heavy (non-hydrogen) atoms. The zero-order valence-electron chi connectivity index (χ0n) is 14.0. The third-order valence-corrected chi connectivity index (χ3v) is 4.18. The van der Waals surface area contributed by atoms with Crippen LogP contribution in [0.25, 0.3) is 0 Å². The van der Waals surface area contributed by atoms with Crippen LogP contribution >= 0.6 is 0 Å². The number of carbonyl (C=O) groups excluding carboxylic acids is 1. The molecule has 0 fully saturated rings. The summed E-state index contributed by atoms with van der Waals surface area (Å²) in [7, 11) is 0. The highest BCUT2D eigenvalue weighted by atomic mass is 16.5. The summed E-state index contributed by atoms with van der Waals surface area (Å²) >= 11 is 0. The first-order valence-electron chi connectivity index (χ1n) is 8.41. The van der Waals surface area contributed by atoms with Crippen LogP contribution in [0.2, 0.25) is 0 Å². The number of nitrogens with zero attached hydrogens (tertiary/aromatic N) is 1. The standard InChI is InChI=1S/C20H23NO3/c1-2-23-19-9-8-17-10-11-21(13-18(17)12-19)14-20(22)24-15-16-6-4-3-5-7-16/h3-9,12H,2,10-11,13-15H2,1H3. The van der Waals surface area contributed by atoms with Gasteiger partial charge in [-0.2, -0.15) is 0 Å². The minimum absolute atomic E-state index is 0.178. The Labute approximate surface area is 143 Å². The van der Waals surface area contributed by atoms with Gasteiger partial charge in [-0.15, -0.1) is 0 Å². The highest BCUT2D eigenvalue weighted by Crippen LogP contribution is 2.23. The second-order valence-corrected chi connectivity index (χ2v) is 5.97. The minimum atomic E-state index is -0.178. The van der Waals surface area contributed by atoms with E-state index in [2.05, 4.69) is 17.0 Å². The van der Waals surface area contributed by atoms with Gasteiger partial charge in [0.15, 0.2) is 0 Å². The summed E-state index contributed by atoms with van der Waals surface area (Å²) in [6, 6.07) is 16.0. The summed E-state index contributed by atoms with van der Waals surface area (Å²) in [5, 5.41) is 0. The number of hydrogen-bond acceptors (Lipinski definition) is 4. The summed E-state index contributed by atoms with van der Waals surface area (Å²) in [5.41, 5.74) is 3.59. The van der Waals surface area contributed by atoms with Crippen LogP contribution in [0.1, 0.15) is 23.6 Å². The molecule has 0 saturated heterocycles. The average molecular weight is 325 g/mol. The molecule has 1 aliphatic rings. The van der Waals surface area contributed by atoms with Gasteiger partial charge in [0.05, 0.1) is 13.2 Å². The van der Waals surface area contributed by atoms with Crippen molar-refractivity contribution >= 4 is 5.97 Å². The fourth-order valence-corrected chi connectivity index (χ4v) is 2.95. The van der Waals surface area contributed by atoms with Crippen LogP contribution < -0.4 is 4.74 Å². The maximum Gasteiger partial charge on any atom is 0.320 e. The molecule has 126 valence electrons. The Morgan fingerprint density at radius 3 is 2.75 bits per heavy atom. The summed E-state index contributed by atoms with van der Waals surface area (Å²) < 4.78 is 10.9. The second kappa shape index (κ2) is 7.97. The Bertz CT molecular complexity index is 685. The molecule has 1 aliphatic heterocycles. The van der Waals surface area contributed by atoms with E-state index in [1.54, 1.807) is 0 Å². The van der Waals surface area contributed by atoms with Gasteiger partial charge < -0.3 is 9.47 Å². The largest absolute Gasteiger partial charge is 0.494 e. The van der Waals surface area contributed by atoms with E-state index in [4.69, 9.17) is 9.47 Å². The van der Waals surface area contributed by atoms with E-state index in [1.807, 2.05) is 43.3 Å². The molecule has 2 aromatic rings. The first-order valence-corrected chi connectivity index (χ1v) is 8.41. The van der Waals surface area contributed by atoms with Gasteiger partial charge in [0.25, 0.3) is 0 Å². The van der Waals surface area contributed by atoms with E-state index >= 15 is 0 Å². The van der Waals surface area contributed by atoms with Gasteiger partial charge in [0.1, 0.15) is 12.4 Å². The highest BCUT2D eigenvalue weighted by molar-refractivity contribution is 5.71. The number of esters is 1. The van der Waals surface area contributed by atoms with Crippen LogP contribution in [0, 0.1) is 0 Å². The molecule has 0 N–H and O–H groups in total. The Morgan fingerprint density at radius 1 is 1.12 bits per heavy atom. The minimum Gasteiger partial charge on any atom is -0.494 e. The number of ether oxygens (including phenoxy) is 2. The lowest BCUT2D eigenvalue weighted by atomic mass is 9.99. The van der Waals surface area contributed by atoms with Gasteiger partial charge in [-0.05, 0) is 42.2 Å². The van der Waals surface area contributed by atoms with Crippen molar-refractivity contribution in [2.75, 3.05) is 19.7 Å². The molecule has 0 saturated carbocycles. The number of fused-ring (bicyclic) bond motifs is 1. The number of rotatable bonds is 6. The van der Waals surface area contributed by atoms with Gasteiger partial charge in [-0.3, -0.25) is 9.69 Å². The smallest absolute Gasteiger partial charge is 0.320 e. The fraction of sp³-hybridized carbons (Fsp3) is 0.350. The highest BCUT2D eigenvalue weighted by Gasteiger charge is 2.19. The molecular weight excluding hydrogens is 302 g/mol. The Morgan fingerprint density at radius 2 is 1.96 bits per heavy atom. The van der Waals surface area contributed by atoms with E-state index in [0.29, 0.717) is 19.8 Å². The molecule has 0 atom stereocenters. The zero-order valence-corrected chi connectivity index (χ0v) is 14.0. The lowest BCUT2D eigenvalue weighted by Gasteiger charge is -2.28. The number of carbonyl (C=O) groups is 1. The van der Waals surface area contributed by atoms with Gasteiger partial charge in [0, 0.05) is 13.1 Å². The third kappa shape index (κ3) is 4.36. The van der Waals surface area contributed by atoms with Crippen molar-refractivity contribution < 1.29 is 14.3 Å². The molecule has 2 aromatic carbocycles. The molecule has 4 heteroatoms. The first kappa shape index (κ1) is 16.5. The van der Waals surface area contributed by atoms with Crippen molar-refractivity contribution in [1.29, 1.82) is 0 Å². The molecule has 4 nitrogen and oxygen atoms in total. The van der Waals surface area contributed by atoms with Crippen LogP contribution in [0.4, 0.5) is 0 Å². The van der Waals surface area contributed by atoms with Gasteiger partial charge in [0.2, 0.25) is 0 Å². The molecule has 0 spiro atoms. The van der Waals surface area contributed by atoms with E-state index in [0.717, 1.165) is 30.8 Å². The summed E-state index contributed by atoms with van der Waals surface area (Å²) in [6.45, 7) is 4.94. The van der Waals surface area contributed by atoms with Crippen LogP contribution in [0.5, 0.6) is 5.75 Å². The Balaban J connectivity index is 1.53. The fourth-order valence-electron chi connectivity index (χ4n) is 2.95. The Kier molecular flexibility index (Phi) is 5.49. The number of benzene rings is 2. The number of hydrogen-bond donors (Lipinski definition) is 0. The monoisotopic (exact) mass is 325 g/mol. The molecule has 0 radical (unpaired) electrons. The molecule has 0 bridgehead atoms. The van der Waals surface area contributed by atoms with Gasteiger partial charge >= 0.3 is 5.97 Å². The summed E-state index contributed by atoms with van der Waals surface area (Å²) in [6.07, 6.45) is 0.952. The molecule has 1 heterocycles. The zero-order chi connectivity index (χ0) is 16.8. The van der Waals surface area contributed by atoms with Crippen molar-refractivity contribution in [3.8, 4) is 5.75 Å². The predicted octanol–water partition coefficient (Wildman–Crippen LogP) is 3.19. The van der Waals surface area contributed by atoms with Crippen LogP contribution in [-0.4, -0.2) is 30.6 Å². The van der Waals surface area contributed by atoms with E-state index < -0.39 is 0 Å². The van der Waals surface area contributed by atoms with Crippen molar-refractivity contribution in [1.82, 2.24) is 4.90 Å². The van der Waals surface area contributed by atoms with Crippen molar-refractivity contribution in [3.63, 3.8) is 0 Å². The molecule has 3 rings (SSSR count). The SMILES string of the molecule is CCOc1ccc2c(c1)CN(CC(=O)OCc1ccccc1)CC2. The maximum absolute atomic E-state index is 12.1. The predicted molar refractivity (Wildman–Crippen MR) is 92.8 cm³/mol. The van der Waals surface area contributed by atoms with E-state index in [-0.39, 0.29) is 5.97 Å². The molecule has 0 amide bonds. The molecule has 0 aliphatic carbocycles. The lowest BCUT2D eigenvalue weighted by molar-refractivity contribution is -0.146. The van der Waals surface area contributed by atoms with Crippen LogP contribution in [0.3, 0.4) is 0 Å². The van der Waals surface area contributed by atoms with Gasteiger partial charge in [-0.25, -0.2) is 0 Å². The van der Waals surface area contributed by atoms with Crippen LogP contribution in [0.15, 0.2) is 48.5 Å². The maximum atomic E-state index is 12.1. The molecule has 0 unspecified atom stereocenters. The van der Waals surface area contributed by atoms with Crippen molar-refractivity contribution in [3.05, 3.63) is 65.2 Å². The first-order chi connectivity index (χ1) is 11.7. The molecular formula is C20H23NO3. The third-order valence-electron chi connectivity index (χ3n) is 4.18. The second-order valence-electron chi connectivity index (χ2n) is 5.97.